The molecule has 0 unspecified atom stereocenters. The summed E-state index contributed by atoms with van der Waals surface area (Å²) in [5.74, 6) is 6.26. The van der Waals surface area contributed by atoms with Gasteiger partial charge in [0.15, 0.2) is 0 Å². The van der Waals surface area contributed by atoms with Gasteiger partial charge in [-0.15, -0.1) is 0 Å². The first-order valence-electron chi connectivity index (χ1n) is 20.4. The Kier molecular flexibility index (Phi) is 11.2. The SMILES string of the molecule is Cc1ccnc(Oc2cc(C)c(CC(C)C)c(Oc3ccc4c(c3)B(c3ncccn3)c3cc(Oc5cc(Oc6cc(C)ccn6)cc(C)c5CC(C)C)ccc3-4)c2)c1. The van der Waals surface area contributed by atoms with Crippen molar-refractivity contribution in [3.05, 3.63) is 149 Å². The summed E-state index contributed by atoms with van der Waals surface area (Å²) in [6.45, 7) is 16.9. The molecule has 0 saturated carbocycles. The molecule has 0 N–H and O–H groups in total. The van der Waals surface area contributed by atoms with Crippen LogP contribution < -0.4 is 35.6 Å². The third-order valence-electron chi connectivity index (χ3n) is 10.5. The van der Waals surface area contributed by atoms with E-state index in [1.165, 1.54) is 0 Å². The summed E-state index contributed by atoms with van der Waals surface area (Å²) in [7, 11) is 0. The number of rotatable bonds is 13. The van der Waals surface area contributed by atoms with Gasteiger partial charge in [-0.05, 0) is 151 Å². The van der Waals surface area contributed by atoms with Crippen LogP contribution in [0.5, 0.6) is 46.3 Å². The Balaban J connectivity index is 1.15. The van der Waals surface area contributed by atoms with Gasteiger partial charge in [-0.1, -0.05) is 50.8 Å². The average molecular weight is 781 g/mol. The van der Waals surface area contributed by atoms with Crippen molar-refractivity contribution in [3.63, 3.8) is 0 Å². The minimum Gasteiger partial charge on any atom is -0.457 e. The fourth-order valence-corrected chi connectivity index (χ4v) is 7.85. The maximum atomic E-state index is 6.84. The van der Waals surface area contributed by atoms with E-state index in [4.69, 9.17) is 28.9 Å². The van der Waals surface area contributed by atoms with Crippen molar-refractivity contribution in [1.82, 2.24) is 19.9 Å². The third-order valence-corrected chi connectivity index (χ3v) is 10.5. The van der Waals surface area contributed by atoms with Crippen LogP contribution in [0.3, 0.4) is 0 Å². The predicted molar refractivity (Wildman–Crippen MR) is 236 cm³/mol. The van der Waals surface area contributed by atoms with Crippen LogP contribution in [-0.2, 0) is 12.8 Å². The number of hydrogen-bond acceptors (Lipinski definition) is 8. The van der Waals surface area contributed by atoms with E-state index in [0.29, 0.717) is 40.8 Å². The Morgan fingerprint density at radius 2 is 0.932 bits per heavy atom. The average Bonchev–Trinajstić information content (AvgIpc) is 3.50. The first-order valence-corrected chi connectivity index (χ1v) is 20.4. The molecule has 4 aromatic carbocycles. The molecule has 3 aromatic heterocycles. The predicted octanol–water partition coefficient (Wildman–Crippen LogP) is 10.6. The number of pyridine rings is 2. The largest absolute Gasteiger partial charge is 0.457 e. The van der Waals surface area contributed by atoms with E-state index in [9.17, 15) is 0 Å². The number of benzene rings is 4. The second kappa shape index (κ2) is 16.8. The molecular weight excluding hydrogens is 731 g/mol. The second-order valence-electron chi connectivity index (χ2n) is 16.4. The van der Waals surface area contributed by atoms with Crippen molar-refractivity contribution < 1.29 is 18.9 Å². The number of ether oxygens (including phenoxy) is 4. The lowest BCUT2D eigenvalue weighted by Crippen LogP contribution is -2.51. The molecule has 0 saturated heterocycles. The standard InChI is InChI=1S/C50H49BN4O4/c1-30(2)20-42-34(7)24-38(58-48-22-32(5)14-18-52-48)28-46(42)56-36-10-12-40-41-13-11-37(27-45(41)51(44(40)26-36)50-54-16-9-17-55-50)57-47-29-39(25-35(8)43(47)21-31(3)4)59-49-23-33(6)15-19-53-49/h9-19,22-31H,20-21H2,1-8H3. The van der Waals surface area contributed by atoms with E-state index >= 15 is 0 Å². The van der Waals surface area contributed by atoms with Crippen LogP contribution in [0, 0.1) is 39.5 Å². The molecular formula is C50H49BN4O4. The minimum absolute atomic E-state index is 0.244. The Hall–Kier alpha value is -6.48. The summed E-state index contributed by atoms with van der Waals surface area (Å²) in [6.07, 6.45) is 8.84. The maximum Gasteiger partial charge on any atom is 0.291 e. The van der Waals surface area contributed by atoms with E-state index in [0.717, 1.165) is 91.3 Å². The van der Waals surface area contributed by atoms with E-state index < -0.39 is 0 Å². The molecule has 59 heavy (non-hydrogen) atoms. The van der Waals surface area contributed by atoms with Crippen LogP contribution in [0.15, 0.2) is 116 Å². The molecule has 0 amide bonds. The van der Waals surface area contributed by atoms with Gasteiger partial charge < -0.3 is 18.9 Å². The number of fused-ring (bicyclic) bond motifs is 3. The Bertz CT molecular complexity index is 2480. The van der Waals surface area contributed by atoms with Gasteiger partial charge in [-0.3, -0.25) is 9.97 Å². The lowest BCUT2D eigenvalue weighted by atomic mass is 9.42. The molecule has 8 nitrogen and oxygen atoms in total. The van der Waals surface area contributed by atoms with Crippen LogP contribution in [0.2, 0.25) is 0 Å². The van der Waals surface area contributed by atoms with Crippen LogP contribution in [0.25, 0.3) is 11.1 Å². The van der Waals surface area contributed by atoms with E-state index in [2.05, 4.69) is 87.9 Å². The van der Waals surface area contributed by atoms with E-state index in [1.807, 2.05) is 68.4 Å². The smallest absolute Gasteiger partial charge is 0.291 e. The monoisotopic (exact) mass is 780 g/mol. The molecule has 0 radical (unpaired) electrons. The molecule has 1 aliphatic rings. The summed E-state index contributed by atoms with van der Waals surface area (Å²) in [5, 5.41) is 0. The highest BCUT2D eigenvalue weighted by atomic mass is 16.5. The van der Waals surface area contributed by atoms with Gasteiger partial charge in [0.25, 0.3) is 6.71 Å². The van der Waals surface area contributed by atoms with Gasteiger partial charge in [0.2, 0.25) is 11.8 Å². The van der Waals surface area contributed by atoms with Crippen molar-refractivity contribution in [2.45, 2.75) is 68.2 Å². The fraction of sp³-hybridized carbons (Fsp3) is 0.240. The highest BCUT2D eigenvalue weighted by molar-refractivity contribution is 6.98. The zero-order valence-electron chi connectivity index (χ0n) is 35.0. The van der Waals surface area contributed by atoms with Crippen molar-refractivity contribution in [2.75, 3.05) is 0 Å². The molecule has 1 aliphatic heterocycles. The first-order chi connectivity index (χ1) is 28.5. The zero-order valence-corrected chi connectivity index (χ0v) is 35.0. The molecule has 7 aromatic rings. The van der Waals surface area contributed by atoms with Gasteiger partial charge in [0.1, 0.15) is 34.5 Å². The van der Waals surface area contributed by atoms with Gasteiger partial charge >= 0.3 is 0 Å². The Morgan fingerprint density at radius 1 is 0.475 bits per heavy atom. The third kappa shape index (κ3) is 8.85. The normalized spacial score (nSPS) is 11.8. The van der Waals surface area contributed by atoms with Crippen LogP contribution in [0.1, 0.15) is 61.1 Å². The highest BCUT2D eigenvalue weighted by Crippen LogP contribution is 2.39. The fourth-order valence-electron chi connectivity index (χ4n) is 7.85. The molecule has 296 valence electrons. The second-order valence-corrected chi connectivity index (χ2v) is 16.4. The molecule has 9 heteroatoms. The van der Waals surface area contributed by atoms with Crippen LogP contribution in [-0.4, -0.2) is 26.6 Å². The summed E-state index contributed by atoms with van der Waals surface area (Å²) >= 11 is 0. The van der Waals surface area contributed by atoms with Gasteiger partial charge in [0, 0.05) is 49.1 Å². The molecule has 0 spiro atoms. The van der Waals surface area contributed by atoms with Gasteiger partial charge in [-0.25, -0.2) is 9.97 Å². The number of nitrogens with zero attached hydrogens (tertiary/aromatic N) is 4. The summed E-state index contributed by atoms with van der Waals surface area (Å²) in [6, 6.07) is 30.3. The quantitative estimate of drug-likeness (QED) is 0.107. The lowest BCUT2D eigenvalue weighted by molar-refractivity contribution is 0.442. The van der Waals surface area contributed by atoms with Crippen molar-refractivity contribution in [2.24, 2.45) is 11.8 Å². The van der Waals surface area contributed by atoms with Gasteiger partial charge in [0.05, 0.1) is 5.72 Å². The molecule has 0 bridgehead atoms. The maximum absolute atomic E-state index is 6.84. The van der Waals surface area contributed by atoms with Crippen molar-refractivity contribution in [1.29, 1.82) is 0 Å². The topological polar surface area (TPSA) is 88.5 Å². The first kappa shape index (κ1) is 39.4. The number of aryl methyl sites for hydroxylation is 4. The molecule has 0 atom stereocenters. The number of hydrogen-bond donors (Lipinski definition) is 0. The Labute approximate surface area is 347 Å². The molecule has 4 heterocycles. The molecule has 8 rings (SSSR count). The summed E-state index contributed by atoms with van der Waals surface area (Å²) in [4.78, 5) is 18.4. The molecule has 0 fully saturated rings. The Morgan fingerprint density at radius 3 is 1.36 bits per heavy atom. The zero-order chi connectivity index (χ0) is 41.2. The minimum atomic E-state index is -0.244. The summed E-state index contributed by atoms with van der Waals surface area (Å²) in [5.41, 5.74) is 11.7. The van der Waals surface area contributed by atoms with Gasteiger partial charge in [-0.2, -0.15) is 0 Å². The number of aromatic nitrogens is 4. The lowest BCUT2D eigenvalue weighted by Gasteiger charge is -2.18. The molecule has 0 aliphatic carbocycles. The van der Waals surface area contributed by atoms with Crippen molar-refractivity contribution >= 4 is 23.4 Å². The van der Waals surface area contributed by atoms with E-state index in [1.54, 1.807) is 24.8 Å². The van der Waals surface area contributed by atoms with Crippen molar-refractivity contribution in [3.8, 4) is 57.4 Å². The van der Waals surface area contributed by atoms with E-state index in [-0.39, 0.29) is 6.71 Å². The van der Waals surface area contributed by atoms with Crippen LogP contribution in [0.4, 0.5) is 0 Å². The van der Waals surface area contributed by atoms with Crippen LogP contribution >= 0.6 is 0 Å². The summed E-state index contributed by atoms with van der Waals surface area (Å²) < 4.78 is 26.2. The highest BCUT2D eigenvalue weighted by Gasteiger charge is 2.37.